The zero-order valence-corrected chi connectivity index (χ0v) is 28.9. The second-order valence-electron chi connectivity index (χ2n) is 14.2. The number of piperidine rings is 2. The van der Waals surface area contributed by atoms with Crippen LogP contribution in [-0.2, 0) is 22.7 Å². The molecule has 4 saturated heterocycles. The Labute approximate surface area is 304 Å². The number of hydrogen-bond acceptors (Lipinski definition) is 10. The van der Waals surface area contributed by atoms with Gasteiger partial charge in [-0.15, -0.1) is 10.2 Å². The summed E-state index contributed by atoms with van der Waals surface area (Å²) in [5, 5.41) is 23.5. The highest BCUT2D eigenvalue weighted by Gasteiger charge is 2.46. The summed E-state index contributed by atoms with van der Waals surface area (Å²) < 4.78 is 21.4. The first-order chi connectivity index (χ1) is 25.1. The molecule has 0 radical (unpaired) electrons. The van der Waals surface area contributed by atoms with Crippen LogP contribution >= 0.6 is 11.6 Å². The molecule has 6 heterocycles. The highest BCUT2D eigenvalue weighted by molar-refractivity contribution is 6.31. The number of halogens is 2. The molecular weight excluding hydrogens is 691 g/mol. The van der Waals surface area contributed by atoms with Crippen LogP contribution in [0.4, 0.5) is 10.2 Å². The topological polar surface area (TPSA) is 161 Å². The van der Waals surface area contributed by atoms with Gasteiger partial charge in [-0.25, -0.2) is 4.39 Å². The van der Waals surface area contributed by atoms with E-state index in [1.54, 1.807) is 30.3 Å². The molecule has 15 heteroatoms. The third kappa shape index (κ3) is 6.54. The van der Waals surface area contributed by atoms with E-state index in [4.69, 9.17) is 21.6 Å². The summed E-state index contributed by atoms with van der Waals surface area (Å²) in [5.41, 5.74) is 2.10. The molecule has 1 saturated carbocycles. The minimum Gasteiger partial charge on any atom is -0.490 e. The minimum absolute atomic E-state index is 0.000581. The smallest absolute Gasteiger partial charge is 0.272 e. The lowest BCUT2D eigenvalue weighted by atomic mass is 9.87. The number of anilines is 1. The monoisotopic (exact) mass is 726 g/mol. The number of rotatable bonds is 8. The molecule has 6 aliphatic rings. The van der Waals surface area contributed by atoms with Crippen molar-refractivity contribution in [1.29, 1.82) is 5.26 Å². The van der Waals surface area contributed by atoms with Gasteiger partial charge in [0.15, 0.2) is 11.5 Å². The van der Waals surface area contributed by atoms with Crippen molar-refractivity contribution >= 4 is 41.0 Å². The largest absolute Gasteiger partial charge is 0.490 e. The van der Waals surface area contributed by atoms with Crippen molar-refractivity contribution in [2.45, 2.75) is 88.3 Å². The Balaban J connectivity index is 0.820. The number of amides is 4. The van der Waals surface area contributed by atoms with Gasteiger partial charge in [0.05, 0.1) is 16.7 Å². The Bertz CT molecular complexity index is 1990. The fourth-order valence-electron chi connectivity index (χ4n) is 8.22. The fourth-order valence-corrected chi connectivity index (χ4v) is 8.44. The highest BCUT2D eigenvalue weighted by atomic mass is 35.5. The molecule has 1 aliphatic carbocycles. The van der Waals surface area contributed by atoms with Gasteiger partial charge in [-0.05, 0) is 80.5 Å². The van der Waals surface area contributed by atoms with Crippen molar-refractivity contribution in [2.24, 2.45) is 0 Å². The predicted octanol–water partition coefficient (Wildman–Crippen LogP) is 3.48. The van der Waals surface area contributed by atoms with E-state index in [0.29, 0.717) is 52.9 Å². The molecule has 3 atom stereocenters. The van der Waals surface area contributed by atoms with Crippen molar-refractivity contribution in [3.63, 3.8) is 0 Å². The standard InChI is InChI=1S/C37H36ClFN8O5/c38-29-13-27(4-1-20(29)15-40)52-26-5-2-23(3-6-26)41-35(49)31-7-9-33(44-43-31)47-24-12-25(47)19-45(18-24)16-22-11-21-17-46(37(51)28(21)14-30(22)39)32-8-10-34(48)42-36(32)50/h1,4,7,9,11,13-14,23-26,32H,2-3,5-6,8,10,12,16-19H2,(H,41,49)(H,42,48,50)/t23-,24?,25?,26-,32?. The SMILES string of the molecule is N#Cc1ccc(O[C@H]2CC[C@H](NC(=O)c3ccc(N4C5CC4CN(Cc4cc6c(cc4F)C(=O)N(C4CCC(=O)NC4=O)C6)C5)nn3)CC2)cc1Cl. The molecule has 13 nitrogen and oxygen atoms in total. The summed E-state index contributed by atoms with van der Waals surface area (Å²) in [5.74, 6) is -0.636. The molecular formula is C37H36ClFN8O5. The van der Waals surface area contributed by atoms with Gasteiger partial charge >= 0.3 is 0 Å². The first-order valence-electron chi connectivity index (χ1n) is 17.6. The molecule has 3 unspecified atom stereocenters. The van der Waals surface area contributed by atoms with Crippen LogP contribution in [0.2, 0.25) is 5.02 Å². The number of carbonyl (C=O) groups excluding carboxylic acids is 4. The quantitative estimate of drug-likeness (QED) is 0.329. The van der Waals surface area contributed by atoms with Gasteiger partial charge in [-0.3, -0.25) is 29.4 Å². The van der Waals surface area contributed by atoms with Crippen LogP contribution < -0.4 is 20.3 Å². The molecule has 52 heavy (non-hydrogen) atoms. The molecule has 2 bridgehead atoms. The number of piperazine rings is 1. The normalized spacial score (nSPS) is 25.6. The van der Waals surface area contributed by atoms with Gasteiger partial charge in [-0.2, -0.15) is 5.26 Å². The average Bonchev–Trinajstić information content (AvgIpc) is 3.43. The molecule has 5 fully saturated rings. The maximum atomic E-state index is 15.3. The van der Waals surface area contributed by atoms with Crippen LogP contribution in [0.3, 0.4) is 0 Å². The molecule has 268 valence electrons. The van der Waals surface area contributed by atoms with Gasteiger partial charge in [0, 0.05) is 67.9 Å². The van der Waals surface area contributed by atoms with Crippen molar-refractivity contribution in [2.75, 3.05) is 18.0 Å². The molecule has 9 rings (SSSR count). The van der Waals surface area contributed by atoms with E-state index >= 15 is 4.39 Å². The number of nitrogens with zero attached hydrogens (tertiary/aromatic N) is 6. The van der Waals surface area contributed by atoms with Crippen LogP contribution in [0.15, 0.2) is 42.5 Å². The Hall–Kier alpha value is -5.13. The van der Waals surface area contributed by atoms with Crippen LogP contribution in [0.5, 0.6) is 5.75 Å². The average molecular weight is 727 g/mol. The van der Waals surface area contributed by atoms with Gasteiger partial charge in [0.2, 0.25) is 11.8 Å². The highest BCUT2D eigenvalue weighted by Crippen LogP contribution is 2.37. The summed E-state index contributed by atoms with van der Waals surface area (Å²) in [6, 6.07) is 13.2. The van der Waals surface area contributed by atoms with E-state index in [0.717, 1.165) is 32.1 Å². The number of benzene rings is 2. The predicted molar refractivity (Wildman–Crippen MR) is 185 cm³/mol. The van der Waals surface area contributed by atoms with Gasteiger partial charge in [-0.1, -0.05) is 11.6 Å². The van der Waals surface area contributed by atoms with Crippen LogP contribution in [0.1, 0.15) is 82.5 Å². The number of carbonyl (C=O) groups is 4. The summed E-state index contributed by atoms with van der Waals surface area (Å²) in [4.78, 5) is 55.9. The molecule has 3 aromatic rings. The Morgan fingerprint density at radius 1 is 1.04 bits per heavy atom. The summed E-state index contributed by atoms with van der Waals surface area (Å²) >= 11 is 6.13. The molecule has 1 aromatic heterocycles. The number of aromatic nitrogens is 2. The molecule has 4 amide bonds. The Kier molecular flexibility index (Phi) is 9.00. The van der Waals surface area contributed by atoms with E-state index < -0.39 is 23.7 Å². The zero-order chi connectivity index (χ0) is 36.1. The van der Waals surface area contributed by atoms with Crippen LogP contribution in [0, 0.1) is 17.1 Å². The molecule has 2 N–H and O–H groups in total. The first-order valence-corrected chi connectivity index (χ1v) is 18.0. The minimum atomic E-state index is -0.745. The zero-order valence-electron chi connectivity index (χ0n) is 28.2. The fraction of sp³-hybridized carbons (Fsp3) is 0.432. The molecule has 0 spiro atoms. The molecule has 2 aromatic carbocycles. The maximum Gasteiger partial charge on any atom is 0.272 e. The first kappa shape index (κ1) is 34.0. The summed E-state index contributed by atoms with van der Waals surface area (Å²) in [6.45, 7) is 1.98. The molecule has 5 aliphatic heterocycles. The summed E-state index contributed by atoms with van der Waals surface area (Å²) in [6.07, 6.45) is 4.45. The second kappa shape index (κ2) is 13.8. The van der Waals surface area contributed by atoms with Crippen LogP contribution in [-0.4, -0.2) is 87.0 Å². The van der Waals surface area contributed by atoms with Crippen molar-refractivity contribution in [1.82, 2.24) is 30.6 Å². The number of ether oxygens (including phenoxy) is 1. The van der Waals surface area contributed by atoms with E-state index in [9.17, 15) is 19.2 Å². The van der Waals surface area contributed by atoms with E-state index in [1.165, 1.54) is 11.0 Å². The number of fused-ring (bicyclic) bond motifs is 3. The van der Waals surface area contributed by atoms with Crippen LogP contribution in [0.25, 0.3) is 0 Å². The Morgan fingerprint density at radius 3 is 2.52 bits per heavy atom. The summed E-state index contributed by atoms with van der Waals surface area (Å²) in [7, 11) is 0. The number of nitriles is 1. The van der Waals surface area contributed by atoms with E-state index in [-0.39, 0.29) is 66.7 Å². The number of hydrogen-bond donors (Lipinski definition) is 2. The van der Waals surface area contributed by atoms with E-state index in [1.807, 2.05) is 12.1 Å². The third-order valence-corrected chi connectivity index (χ3v) is 11.2. The maximum absolute atomic E-state index is 15.3. The van der Waals surface area contributed by atoms with E-state index in [2.05, 4.69) is 30.6 Å². The van der Waals surface area contributed by atoms with Crippen molar-refractivity contribution < 1.29 is 28.3 Å². The van der Waals surface area contributed by atoms with Gasteiger partial charge < -0.3 is 19.9 Å². The second-order valence-corrected chi connectivity index (χ2v) is 14.6. The van der Waals surface area contributed by atoms with Gasteiger partial charge in [0.25, 0.3) is 11.8 Å². The number of imide groups is 1. The third-order valence-electron chi connectivity index (χ3n) is 10.9. The van der Waals surface area contributed by atoms with Crippen molar-refractivity contribution in [3.8, 4) is 11.8 Å². The Morgan fingerprint density at radius 2 is 1.83 bits per heavy atom. The van der Waals surface area contributed by atoms with Crippen molar-refractivity contribution in [3.05, 3.63) is 81.3 Å². The van der Waals surface area contributed by atoms with Gasteiger partial charge in [0.1, 0.15) is 23.7 Å². The lowest BCUT2D eigenvalue weighted by Crippen LogP contribution is -2.69. The lowest BCUT2D eigenvalue weighted by molar-refractivity contribution is -0.136. The number of nitrogens with one attached hydrogen (secondary N) is 2. The lowest BCUT2D eigenvalue weighted by Gasteiger charge is -2.56.